The second-order valence-electron chi connectivity index (χ2n) is 3.37. The van der Waals surface area contributed by atoms with Crippen LogP contribution in [0.4, 0.5) is 0 Å². The maximum atomic E-state index is 11.9. The minimum absolute atomic E-state index is 0.0245. The Morgan fingerprint density at radius 1 is 1.47 bits per heavy atom. The maximum Gasteiger partial charge on any atom is 0.263 e. The highest BCUT2D eigenvalue weighted by Gasteiger charge is 2.19. The third-order valence-electron chi connectivity index (χ3n) is 2.33. The summed E-state index contributed by atoms with van der Waals surface area (Å²) in [5.41, 5.74) is 0. The van der Waals surface area contributed by atoms with Crippen LogP contribution in [0.2, 0.25) is 0 Å². The predicted molar refractivity (Wildman–Crippen MR) is 57.8 cm³/mol. The third kappa shape index (κ3) is 2.36. The average Bonchev–Trinajstić information content (AvgIpc) is 2.67. The molecule has 0 unspecified atom stereocenters. The van der Waals surface area contributed by atoms with E-state index in [9.17, 15) is 9.59 Å². The van der Waals surface area contributed by atoms with Gasteiger partial charge in [-0.2, -0.15) is 0 Å². The summed E-state index contributed by atoms with van der Waals surface area (Å²) >= 11 is 1.44. The summed E-state index contributed by atoms with van der Waals surface area (Å²) in [4.78, 5) is 25.5. The van der Waals surface area contributed by atoms with Gasteiger partial charge in [0.2, 0.25) is 5.91 Å². The molecule has 80 valence electrons. The summed E-state index contributed by atoms with van der Waals surface area (Å²) in [7, 11) is 0. The number of nitrogens with zero attached hydrogens (tertiary/aromatic N) is 1. The molecular weight excluding hydrogens is 212 g/mol. The highest BCUT2D eigenvalue weighted by molar-refractivity contribution is 7.12. The van der Waals surface area contributed by atoms with Crippen molar-refractivity contribution in [1.82, 2.24) is 10.2 Å². The van der Waals surface area contributed by atoms with Crippen LogP contribution >= 0.6 is 11.3 Å². The minimum atomic E-state index is 0.0245. The van der Waals surface area contributed by atoms with Crippen molar-refractivity contribution < 1.29 is 9.59 Å². The highest BCUT2D eigenvalue weighted by Crippen LogP contribution is 2.12. The summed E-state index contributed by atoms with van der Waals surface area (Å²) in [6, 6.07) is 3.67. The zero-order chi connectivity index (χ0) is 10.7. The number of carbonyl (C=O) groups excluding carboxylic acids is 2. The predicted octanol–water partition coefficient (Wildman–Crippen LogP) is 0.710. The molecule has 0 spiro atoms. The Labute approximate surface area is 91.9 Å². The molecule has 1 aromatic rings. The van der Waals surface area contributed by atoms with E-state index in [0.717, 1.165) is 4.88 Å². The van der Waals surface area contributed by atoms with Gasteiger partial charge >= 0.3 is 0 Å². The summed E-state index contributed by atoms with van der Waals surface area (Å²) in [6.45, 7) is 1.67. The van der Waals surface area contributed by atoms with Crippen LogP contribution < -0.4 is 5.32 Å². The molecule has 2 amide bonds. The first-order valence-corrected chi connectivity index (χ1v) is 5.75. The van der Waals surface area contributed by atoms with E-state index in [0.29, 0.717) is 26.1 Å². The Hall–Kier alpha value is -1.36. The van der Waals surface area contributed by atoms with Crippen molar-refractivity contribution in [2.24, 2.45) is 0 Å². The standard InChI is InChI=1S/C10H12N2O2S/c13-9-3-5-12(6-4-11-9)10(14)8-2-1-7-15-8/h1-2,7H,3-6H2,(H,11,13). The van der Waals surface area contributed by atoms with Crippen LogP contribution in [-0.2, 0) is 4.79 Å². The van der Waals surface area contributed by atoms with Crippen LogP contribution in [0.5, 0.6) is 0 Å². The topological polar surface area (TPSA) is 49.4 Å². The number of hydrogen-bond donors (Lipinski definition) is 1. The van der Waals surface area contributed by atoms with E-state index in [1.807, 2.05) is 17.5 Å². The largest absolute Gasteiger partial charge is 0.354 e. The van der Waals surface area contributed by atoms with E-state index >= 15 is 0 Å². The van der Waals surface area contributed by atoms with Crippen molar-refractivity contribution in [3.05, 3.63) is 22.4 Å². The Bertz CT molecular complexity index is 362. The molecule has 1 N–H and O–H groups in total. The molecule has 0 saturated carbocycles. The first kappa shape index (κ1) is 10.2. The maximum absolute atomic E-state index is 11.9. The molecular formula is C10H12N2O2S. The molecule has 1 fully saturated rings. The number of rotatable bonds is 1. The number of thiophene rings is 1. The van der Waals surface area contributed by atoms with Crippen LogP contribution in [0.15, 0.2) is 17.5 Å². The molecule has 0 atom stereocenters. The zero-order valence-corrected chi connectivity index (χ0v) is 9.05. The first-order valence-electron chi connectivity index (χ1n) is 4.87. The summed E-state index contributed by atoms with van der Waals surface area (Å²) in [5.74, 6) is 0.0537. The molecule has 15 heavy (non-hydrogen) atoms. The highest BCUT2D eigenvalue weighted by atomic mass is 32.1. The second-order valence-corrected chi connectivity index (χ2v) is 4.32. The van der Waals surface area contributed by atoms with Gasteiger partial charge in [0, 0.05) is 26.1 Å². The van der Waals surface area contributed by atoms with Crippen molar-refractivity contribution in [2.75, 3.05) is 19.6 Å². The lowest BCUT2D eigenvalue weighted by molar-refractivity contribution is -0.120. The molecule has 1 aliphatic heterocycles. The molecule has 4 nitrogen and oxygen atoms in total. The van der Waals surface area contributed by atoms with Crippen LogP contribution in [0.1, 0.15) is 16.1 Å². The van der Waals surface area contributed by atoms with Gasteiger partial charge in [-0.05, 0) is 11.4 Å². The van der Waals surface area contributed by atoms with Gasteiger partial charge in [-0.25, -0.2) is 0 Å². The van der Waals surface area contributed by atoms with E-state index in [2.05, 4.69) is 5.32 Å². The fraction of sp³-hybridized carbons (Fsp3) is 0.400. The van der Waals surface area contributed by atoms with Gasteiger partial charge in [0.05, 0.1) is 4.88 Å². The smallest absolute Gasteiger partial charge is 0.263 e. The van der Waals surface area contributed by atoms with Gasteiger partial charge < -0.3 is 10.2 Å². The van der Waals surface area contributed by atoms with Gasteiger partial charge in [-0.3, -0.25) is 9.59 Å². The summed E-state index contributed by atoms with van der Waals surface area (Å²) < 4.78 is 0. The number of carbonyl (C=O) groups is 2. The first-order chi connectivity index (χ1) is 7.27. The Kier molecular flexibility index (Phi) is 3.01. The molecule has 0 radical (unpaired) electrons. The van der Waals surface area contributed by atoms with Crippen LogP contribution in [0.3, 0.4) is 0 Å². The third-order valence-corrected chi connectivity index (χ3v) is 3.19. The molecule has 0 aromatic carbocycles. The van der Waals surface area contributed by atoms with Gasteiger partial charge in [-0.15, -0.1) is 11.3 Å². The van der Waals surface area contributed by atoms with Crippen molar-refractivity contribution in [2.45, 2.75) is 6.42 Å². The van der Waals surface area contributed by atoms with Gasteiger partial charge in [-0.1, -0.05) is 6.07 Å². The van der Waals surface area contributed by atoms with E-state index in [4.69, 9.17) is 0 Å². The molecule has 1 aliphatic rings. The van der Waals surface area contributed by atoms with E-state index in [-0.39, 0.29) is 11.8 Å². The Balaban J connectivity index is 2.04. The molecule has 2 rings (SSSR count). The normalized spacial score (nSPS) is 17.1. The lowest BCUT2D eigenvalue weighted by Gasteiger charge is -2.18. The van der Waals surface area contributed by atoms with Crippen LogP contribution in [-0.4, -0.2) is 36.3 Å². The van der Waals surface area contributed by atoms with Gasteiger partial charge in [0.25, 0.3) is 5.91 Å². The fourth-order valence-electron chi connectivity index (χ4n) is 1.53. The van der Waals surface area contributed by atoms with Crippen LogP contribution in [0.25, 0.3) is 0 Å². The zero-order valence-electron chi connectivity index (χ0n) is 8.23. The van der Waals surface area contributed by atoms with E-state index < -0.39 is 0 Å². The molecule has 2 heterocycles. The average molecular weight is 224 g/mol. The van der Waals surface area contributed by atoms with Crippen molar-refractivity contribution in [3.8, 4) is 0 Å². The molecule has 1 aromatic heterocycles. The molecule has 0 bridgehead atoms. The molecule has 5 heteroatoms. The van der Waals surface area contributed by atoms with E-state index in [1.165, 1.54) is 11.3 Å². The number of nitrogens with one attached hydrogen (secondary N) is 1. The lowest BCUT2D eigenvalue weighted by atomic mass is 10.3. The Morgan fingerprint density at radius 3 is 3.07 bits per heavy atom. The second kappa shape index (κ2) is 4.44. The van der Waals surface area contributed by atoms with Crippen molar-refractivity contribution in [3.63, 3.8) is 0 Å². The summed E-state index contributed by atoms with van der Waals surface area (Å²) in [6.07, 6.45) is 0.400. The molecule has 1 saturated heterocycles. The van der Waals surface area contributed by atoms with Gasteiger partial charge in [0.1, 0.15) is 0 Å². The van der Waals surface area contributed by atoms with Crippen molar-refractivity contribution in [1.29, 1.82) is 0 Å². The Morgan fingerprint density at radius 2 is 2.33 bits per heavy atom. The quantitative estimate of drug-likeness (QED) is 0.763. The van der Waals surface area contributed by atoms with E-state index in [1.54, 1.807) is 4.90 Å². The van der Waals surface area contributed by atoms with Crippen molar-refractivity contribution >= 4 is 23.2 Å². The minimum Gasteiger partial charge on any atom is -0.354 e. The monoisotopic (exact) mass is 224 g/mol. The number of amides is 2. The fourth-order valence-corrected chi connectivity index (χ4v) is 2.22. The summed E-state index contributed by atoms with van der Waals surface area (Å²) in [5, 5.41) is 4.63. The molecule has 0 aliphatic carbocycles. The van der Waals surface area contributed by atoms with Gasteiger partial charge in [0.15, 0.2) is 0 Å². The van der Waals surface area contributed by atoms with Crippen LogP contribution in [0, 0.1) is 0 Å². The SMILES string of the molecule is O=C1CCN(C(=O)c2cccs2)CCN1. The number of hydrogen-bond acceptors (Lipinski definition) is 3. The lowest BCUT2D eigenvalue weighted by Crippen LogP contribution is -2.33.